The van der Waals surface area contributed by atoms with Gasteiger partial charge < -0.3 is 4.74 Å². The third-order valence-electron chi connectivity index (χ3n) is 3.69. The third-order valence-corrected chi connectivity index (χ3v) is 3.69. The lowest BCUT2D eigenvalue weighted by Gasteiger charge is -2.36. The van der Waals surface area contributed by atoms with Crippen molar-refractivity contribution in [2.75, 3.05) is 0 Å². The number of ether oxygens (including phenoxy) is 1. The number of amides is 2. The monoisotopic (exact) mass is 295 g/mol. The number of alkyl halides is 3. The average molecular weight is 295 g/mol. The zero-order valence-corrected chi connectivity index (χ0v) is 11.8. The van der Waals surface area contributed by atoms with Gasteiger partial charge in [-0.2, -0.15) is 13.2 Å². The summed E-state index contributed by atoms with van der Waals surface area (Å²) in [5.74, 6) is -1.58. The first-order valence-corrected chi connectivity index (χ1v) is 6.70. The van der Waals surface area contributed by atoms with Gasteiger partial charge >= 0.3 is 18.2 Å². The van der Waals surface area contributed by atoms with E-state index in [1.165, 1.54) is 5.32 Å². The summed E-state index contributed by atoms with van der Waals surface area (Å²) >= 11 is 0. The fraction of sp³-hybridized carbons (Fsp3) is 0.846. The predicted octanol–water partition coefficient (Wildman–Crippen LogP) is 3.26. The van der Waals surface area contributed by atoms with Crippen molar-refractivity contribution in [3.8, 4) is 0 Å². The smallest absolute Gasteiger partial charge is 0.446 e. The molecule has 0 unspecified atom stereocenters. The molecule has 0 saturated heterocycles. The van der Waals surface area contributed by atoms with E-state index < -0.39 is 24.3 Å². The molecule has 4 nitrogen and oxygen atoms in total. The van der Waals surface area contributed by atoms with Gasteiger partial charge in [-0.15, -0.1) is 0 Å². The Bertz CT molecular complexity index is 368. The molecule has 1 N–H and O–H groups in total. The van der Waals surface area contributed by atoms with Gasteiger partial charge in [0, 0.05) is 0 Å². The van der Waals surface area contributed by atoms with Gasteiger partial charge in [0.25, 0.3) is 0 Å². The van der Waals surface area contributed by atoms with Crippen LogP contribution in [0.3, 0.4) is 0 Å². The van der Waals surface area contributed by atoms with Crippen molar-refractivity contribution in [2.45, 2.75) is 52.3 Å². The summed E-state index contributed by atoms with van der Waals surface area (Å²) in [4.78, 5) is 22.0. The molecule has 1 aliphatic carbocycles. The first kappa shape index (κ1) is 16.8. The van der Waals surface area contributed by atoms with Crippen molar-refractivity contribution < 1.29 is 27.5 Å². The molecule has 2 amide bonds. The van der Waals surface area contributed by atoms with E-state index in [9.17, 15) is 22.8 Å². The van der Waals surface area contributed by atoms with Crippen LogP contribution in [-0.4, -0.2) is 24.3 Å². The Morgan fingerprint density at radius 2 is 1.85 bits per heavy atom. The fourth-order valence-electron chi connectivity index (χ4n) is 2.58. The second-order valence-electron chi connectivity index (χ2n) is 5.72. The lowest BCUT2D eigenvalue weighted by atomic mass is 9.75. The number of halogens is 3. The Morgan fingerprint density at radius 3 is 2.35 bits per heavy atom. The van der Waals surface area contributed by atoms with Crippen LogP contribution in [0.1, 0.15) is 40.0 Å². The second kappa shape index (κ2) is 6.45. The number of carbonyl (C=O) groups excluding carboxylic acids is 2. The molecule has 0 spiro atoms. The van der Waals surface area contributed by atoms with Crippen molar-refractivity contribution in [2.24, 2.45) is 17.8 Å². The van der Waals surface area contributed by atoms with Crippen LogP contribution in [0.15, 0.2) is 0 Å². The molecule has 0 radical (unpaired) electrons. The zero-order chi connectivity index (χ0) is 15.5. The van der Waals surface area contributed by atoms with Crippen molar-refractivity contribution in [1.82, 2.24) is 5.32 Å². The number of hydrogen-bond donors (Lipinski definition) is 1. The van der Waals surface area contributed by atoms with Gasteiger partial charge in [-0.1, -0.05) is 27.2 Å². The summed E-state index contributed by atoms with van der Waals surface area (Å²) in [5, 5.41) is 1.22. The Balaban J connectivity index is 2.60. The van der Waals surface area contributed by atoms with E-state index in [0.29, 0.717) is 12.3 Å². The minimum absolute atomic E-state index is 0.109. The summed E-state index contributed by atoms with van der Waals surface area (Å²) in [6.07, 6.45) is -4.38. The molecule has 0 aromatic carbocycles. The minimum atomic E-state index is -5.09. The van der Waals surface area contributed by atoms with Crippen molar-refractivity contribution in [3.63, 3.8) is 0 Å². The van der Waals surface area contributed by atoms with Crippen LogP contribution in [0, 0.1) is 17.8 Å². The lowest BCUT2D eigenvalue weighted by molar-refractivity contribution is -0.173. The SMILES string of the molecule is CC(C)[C@H]1CC[C@H](C)C[C@@H]1OC(=O)NC(=O)C(F)(F)F. The molecule has 0 bridgehead atoms. The molecular weight excluding hydrogens is 275 g/mol. The van der Waals surface area contributed by atoms with E-state index in [0.717, 1.165) is 12.8 Å². The lowest BCUT2D eigenvalue weighted by Crippen LogP contribution is -2.44. The predicted molar refractivity (Wildman–Crippen MR) is 65.8 cm³/mol. The molecule has 0 aliphatic heterocycles. The van der Waals surface area contributed by atoms with Crippen molar-refractivity contribution in [1.29, 1.82) is 0 Å². The summed E-state index contributed by atoms with van der Waals surface area (Å²) < 4.78 is 41.1. The number of imide groups is 1. The van der Waals surface area contributed by atoms with Crippen LogP contribution in [0.5, 0.6) is 0 Å². The van der Waals surface area contributed by atoms with Crippen molar-refractivity contribution >= 4 is 12.0 Å². The van der Waals surface area contributed by atoms with E-state index in [4.69, 9.17) is 4.74 Å². The molecule has 0 aromatic heterocycles. The van der Waals surface area contributed by atoms with Gasteiger partial charge in [0.2, 0.25) is 0 Å². The Labute approximate surface area is 116 Å². The number of carbonyl (C=O) groups is 2. The molecule has 3 atom stereocenters. The highest BCUT2D eigenvalue weighted by Gasteiger charge is 2.41. The number of rotatable bonds is 2. The maximum atomic E-state index is 12.0. The van der Waals surface area contributed by atoms with Crippen LogP contribution >= 0.6 is 0 Å². The zero-order valence-electron chi connectivity index (χ0n) is 11.8. The summed E-state index contributed by atoms with van der Waals surface area (Å²) in [6.45, 7) is 5.97. The Morgan fingerprint density at radius 1 is 1.25 bits per heavy atom. The summed E-state index contributed by atoms with van der Waals surface area (Å²) in [5.41, 5.74) is 0. The highest BCUT2D eigenvalue weighted by atomic mass is 19.4. The summed E-state index contributed by atoms with van der Waals surface area (Å²) in [6, 6.07) is 0. The standard InChI is InChI=1S/C13H20F3NO3/c1-7(2)9-5-4-8(3)6-10(9)20-12(19)17-11(18)13(14,15)16/h7-10H,4-6H2,1-3H3,(H,17,18,19)/t8-,9+,10-/m0/s1. The average Bonchev–Trinajstić information content (AvgIpc) is 2.26. The normalized spacial score (nSPS) is 27.2. The van der Waals surface area contributed by atoms with E-state index in [2.05, 4.69) is 0 Å². The third kappa shape index (κ3) is 4.68. The van der Waals surface area contributed by atoms with Crippen LogP contribution in [0.2, 0.25) is 0 Å². The minimum Gasteiger partial charge on any atom is -0.446 e. The molecule has 7 heteroatoms. The van der Waals surface area contributed by atoms with Crippen LogP contribution < -0.4 is 5.32 Å². The van der Waals surface area contributed by atoms with Crippen LogP contribution in [0.25, 0.3) is 0 Å². The van der Waals surface area contributed by atoms with Gasteiger partial charge in [0.15, 0.2) is 0 Å². The van der Waals surface area contributed by atoms with Crippen molar-refractivity contribution in [3.05, 3.63) is 0 Å². The molecule has 20 heavy (non-hydrogen) atoms. The molecule has 116 valence electrons. The van der Waals surface area contributed by atoms with E-state index in [1.54, 1.807) is 0 Å². The highest BCUT2D eigenvalue weighted by Crippen LogP contribution is 2.35. The van der Waals surface area contributed by atoms with Gasteiger partial charge in [-0.05, 0) is 30.6 Å². The molecule has 1 fully saturated rings. The maximum Gasteiger partial charge on any atom is 0.471 e. The highest BCUT2D eigenvalue weighted by molar-refractivity contribution is 5.94. The first-order chi connectivity index (χ1) is 9.11. The largest absolute Gasteiger partial charge is 0.471 e. The van der Waals surface area contributed by atoms with E-state index >= 15 is 0 Å². The Hall–Kier alpha value is -1.27. The molecule has 0 aromatic rings. The fourth-order valence-corrected chi connectivity index (χ4v) is 2.58. The van der Waals surface area contributed by atoms with Gasteiger partial charge in [0.05, 0.1) is 0 Å². The van der Waals surface area contributed by atoms with Gasteiger partial charge in [-0.3, -0.25) is 10.1 Å². The number of alkyl carbamates (subject to hydrolysis) is 1. The topological polar surface area (TPSA) is 55.4 Å². The molecule has 1 aliphatic rings. The maximum absolute atomic E-state index is 12.0. The summed E-state index contributed by atoms with van der Waals surface area (Å²) in [7, 11) is 0. The van der Waals surface area contributed by atoms with Gasteiger partial charge in [0.1, 0.15) is 6.10 Å². The second-order valence-corrected chi connectivity index (χ2v) is 5.72. The Kier molecular flexibility index (Phi) is 5.42. The van der Waals surface area contributed by atoms with Crippen LogP contribution in [-0.2, 0) is 9.53 Å². The quantitative estimate of drug-likeness (QED) is 0.850. The van der Waals surface area contributed by atoms with E-state index in [-0.39, 0.29) is 11.8 Å². The molecule has 0 heterocycles. The van der Waals surface area contributed by atoms with Gasteiger partial charge in [-0.25, -0.2) is 4.79 Å². The van der Waals surface area contributed by atoms with Crippen LogP contribution in [0.4, 0.5) is 18.0 Å². The first-order valence-electron chi connectivity index (χ1n) is 6.70. The molecular formula is C13H20F3NO3. The van der Waals surface area contributed by atoms with E-state index in [1.807, 2.05) is 20.8 Å². The molecule has 1 rings (SSSR count). The number of hydrogen-bond acceptors (Lipinski definition) is 3. The molecule has 1 saturated carbocycles. The number of nitrogens with one attached hydrogen (secondary N) is 1.